The van der Waals surface area contributed by atoms with E-state index in [9.17, 15) is 23.3 Å². The minimum absolute atomic E-state index is 0.0374. The highest BCUT2D eigenvalue weighted by atomic mass is 127. The fourth-order valence-electron chi connectivity index (χ4n) is 0.949. The molecule has 0 atom stereocenters. The van der Waals surface area contributed by atoms with Crippen LogP contribution in [0.1, 0.15) is 5.56 Å². The number of nitro groups is 1. The Morgan fingerprint density at radius 2 is 2.18 bits per heavy atom. The monoisotopic (exact) mass is 364 g/mol. The molecule has 6 nitrogen and oxygen atoms in total. The van der Waals surface area contributed by atoms with Gasteiger partial charge in [-0.25, -0.2) is 0 Å². The van der Waals surface area contributed by atoms with E-state index in [1.807, 2.05) is 0 Å². The van der Waals surface area contributed by atoms with Crippen molar-refractivity contribution in [2.75, 3.05) is 0 Å². The Labute approximate surface area is 106 Å². The molecule has 0 spiro atoms. The molecule has 10 heteroatoms. The summed E-state index contributed by atoms with van der Waals surface area (Å²) >= 11 is 1.51. The zero-order chi connectivity index (χ0) is 13.2. The third kappa shape index (κ3) is 3.66. The third-order valence-electron chi connectivity index (χ3n) is 1.56. The van der Waals surface area contributed by atoms with Crippen molar-refractivity contribution in [1.82, 2.24) is 4.98 Å². The van der Waals surface area contributed by atoms with Crippen LogP contribution in [0, 0.1) is 13.7 Å². The molecule has 0 bridgehead atoms. The SMILES string of the molecule is O=[N+]([O-])c1nc(OC(F)(F)F)cc(CO)c1I. The molecule has 1 heterocycles. The number of ether oxygens (including phenoxy) is 1. The van der Waals surface area contributed by atoms with Gasteiger partial charge in [-0.15, -0.1) is 13.2 Å². The van der Waals surface area contributed by atoms with Gasteiger partial charge >= 0.3 is 18.1 Å². The summed E-state index contributed by atoms with van der Waals surface area (Å²) < 4.78 is 39.2. The Morgan fingerprint density at radius 3 is 2.59 bits per heavy atom. The normalized spacial score (nSPS) is 11.4. The van der Waals surface area contributed by atoms with Gasteiger partial charge in [-0.3, -0.25) is 0 Å². The summed E-state index contributed by atoms with van der Waals surface area (Å²) in [6.07, 6.45) is -5.00. The number of aromatic nitrogens is 1. The standard InChI is InChI=1S/C7H4F3IN2O4/c8-7(9,10)17-4-1-3(2-14)5(11)6(12-4)13(15)16/h1,14H,2H2. The van der Waals surface area contributed by atoms with Crippen LogP contribution in [-0.4, -0.2) is 21.4 Å². The van der Waals surface area contributed by atoms with E-state index in [1.54, 1.807) is 0 Å². The molecule has 94 valence electrons. The van der Waals surface area contributed by atoms with E-state index in [2.05, 4.69) is 9.72 Å². The number of nitrogens with zero attached hydrogens (tertiary/aromatic N) is 2. The summed E-state index contributed by atoms with van der Waals surface area (Å²) in [6.45, 7) is -0.657. The number of hydrogen-bond donors (Lipinski definition) is 1. The average molecular weight is 364 g/mol. The third-order valence-corrected chi connectivity index (χ3v) is 2.73. The number of aliphatic hydroxyl groups is 1. The molecule has 0 aromatic carbocycles. The molecule has 0 saturated carbocycles. The lowest BCUT2D eigenvalue weighted by Crippen LogP contribution is -2.18. The molecule has 0 fully saturated rings. The second kappa shape index (κ2) is 5.00. The van der Waals surface area contributed by atoms with E-state index in [1.165, 1.54) is 22.6 Å². The maximum Gasteiger partial charge on any atom is 0.575 e. The molecule has 0 aliphatic carbocycles. The molecule has 17 heavy (non-hydrogen) atoms. The Balaban J connectivity index is 3.25. The Bertz CT molecular complexity index is 451. The van der Waals surface area contributed by atoms with Gasteiger partial charge in [0.15, 0.2) is 0 Å². The Kier molecular flexibility index (Phi) is 4.08. The quantitative estimate of drug-likeness (QED) is 0.504. The van der Waals surface area contributed by atoms with Gasteiger partial charge in [0.2, 0.25) is 0 Å². The second-order valence-corrected chi connectivity index (χ2v) is 3.80. The molecule has 0 saturated heterocycles. The molecule has 0 amide bonds. The number of rotatable bonds is 3. The van der Waals surface area contributed by atoms with Crippen LogP contribution in [-0.2, 0) is 6.61 Å². The van der Waals surface area contributed by atoms with Gasteiger partial charge in [-0.1, -0.05) is 0 Å². The van der Waals surface area contributed by atoms with Crippen LogP contribution < -0.4 is 4.74 Å². The van der Waals surface area contributed by atoms with Crippen LogP contribution in [0.4, 0.5) is 19.0 Å². The molecule has 1 rings (SSSR count). The minimum atomic E-state index is -5.00. The fraction of sp³-hybridized carbons (Fsp3) is 0.286. The van der Waals surface area contributed by atoms with Crippen molar-refractivity contribution in [3.05, 3.63) is 25.3 Å². The zero-order valence-corrected chi connectivity index (χ0v) is 10.0. The average Bonchev–Trinajstić information content (AvgIpc) is 2.17. The highest BCUT2D eigenvalue weighted by Gasteiger charge is 2.35. The van der Waals surface area contributed by atoms with Gasteiger partial charge in [-0.2, -0.15) is 0 Å². The molecule has 1 aromatic rings. The highest BCUT2D eigenvalue weighted by molar-refractivity contribution is 14.1. The summed E-state index contributed by atoms with van der Waals surface area (Å²) in [7, 11) is 0. The number of pyridine rings is 1. The first-order chi connectivity index (χ1) is 7.74. The fourth-order valence-corrected chi connectivity index (χ4v) is 1.59. The zero-order valence-electron chi connectivity index (χ0n) is 7.86. The van der Waals surface area contributed by atoms with E-state index in [0.717, 1.165) is 6.07 Å². The van der Waals surface area contributed by atoms with E-state index in [-0.39, 0.29) is 9.13 Å². The van der Waals surface area contributed by atoms with Gasteiger partial charge in [0.1, 0.15) is 3.57 Å². The van der Waals surface area contributed by atoms with Gasteiger partial charge < -0.3 is 20.0 Å². The van der Waals surface area contributed by atoms with E-state index >= 15 is 0 Å². The lowest BCUT2D eigenvalue weighted by molar-refractivity contribution is -0.391. The van der Waals surface area contributed by atoms with Gasteiger partial charge in [0, 0.05) is 16.6 Å². The smallest absolute Gasteiger partial charge is 0.392 e. The first-order valence-electron chi connectivity index (χ1n) is 3.95. The van der Waals surface area contributed by atoms with E-state index < -0.39 is 29.6 Å². The molecule has 0 aliphatic rings. The molecular formula is C7H4F3IN2O4. The van der Waals surface area contributed by atoms with Gasteiger partial charge in [0.25, 0.3) is 0 Å². The lowest BCUT2D eigenvalue weighted by Gasteiger charge is -2.07. The van der Waals surface area contributed by atoms with Crippen LogP contribution in [0.5, 0.6) is 5.88 Å². The van der Waals surface area contributed by atoms with Crippen LogP contribution in [0.15, 0.2) is 6.07 Å². The van der Waals surface area contributed by atoms with Crippen LogP contribution in [0.25, 0.3) is 0 Å². The largest absolute Gasteiger partial charge is 0.575 e. The second-order valence-electron chi connectivity index (χ2n) is 2.72. The van der Waals surface area contributed by atoms with E-state index in [0.29, 0.717) is 0 Å². The van der Waals surface area contributed by atoms with Crippen molar-refractivity contribution in [3.63, 3.8) is 0 Å². The number of aliphatic hydroxyl groups excluding tert-OH is 1. The molecular weight excluding hydrogens is 360 g/mol. The van der Waals surface area contributed by atoms with Crippen molar-refractivity contribution in [2.24, 2.45) is 0 Å². The summed E-state index contributed by atoms with van der Waals surface area (Å²) in [5, 5.41) is 19.4. The Hall–Kier alpha value is -1.17. The minimum Gasteiger partial charge on any atom is -0.392 e. The molecule has 1 N–H and O–H groups in total. The maximum absolute atomic E-state index is 11.9. The number of halogens is 4. The summed E-state index contributed by atoms with van der Waals surface area (Å²) in [5.41, 5.74) is -0.0634. The summed E-state index contributed by atoms with van der Waals surface area (Å²) in [6, 6.07) is 0.794. The van der Waals surface area contributed by atoms with E-state index in [4.69, 9.17) is 5.11 Å². The van der Waals surface area contributed by atoms with Crippen molar-refractivity contribution in [3.8, 4) is 5.88 Å². The molecule has 0 aliphatic heterocycles. The molecule has 0 radical (unpaired) electrons. The number of alkyl halides is 3. The van der Waals surface area contributed by atoms with Crippen LogP contribution in [0.2, 0.25) is 0 Å². The summed E-state index contributed by atoms with van der Waals surface area (Å²) in [5.74, 6) is -1.77. The molecule has 1 aromatic heterocycles. The topological polar surface area (TPSA) is 85.5 Å². The maximum atomic E-state index is 11.9. The molecule has 0 unspecified atom stereocenters. The van der Waals surface area contributed by atoms with Crippen molar-refractivity contribution in [2.45, 2.75) is 13.0 Å². The Morgan fingerprint density at radius 1 is 1.59 bits per heavy atom. The van der Waals surface area contributed by atoms with Crippen LogP contribution >= 0.6 is 22.6 Å². The van der Waals surface area contributed by atoms with Crippen molar-refractivity contribution < 1.29 is 27.9 Å². The van der Waals surface area contributed by atoms with Crippen molar-refractivity contribution >= 4 is 28.4 Å². The van der Waals surface area contributed by atoms with Crippen LogP contribution in [0.3, 0.4) is 0 Å². The predicted octanol–water partition coefficient (Wildman–Crippen LogP) is 1.99. The first kappa shape index (κ1) is 13.9. The lowest BCUT2D eigenvalue weighted by atomic mass is 10.3. The van der Waals surface area contributed by atoms with Gasteiger partial charge in [0.05, 0.1) is 6.61 Å². The highest BCUT2D eigenvalue weighted by Crippen LogP contribution is 2.29. The predicted molar refractivity (Wildman–Crippen MR) is 56.2 cm³/mol. The summed E-state index contributed by atoms with van der Waals surface area (Å²) in [4.78, 5) is 12.7. The number of hydrogen-bond acceptors (Lipinski definition) is 5. The van der Waals surface area contributed by atoms with Gasteiger partial charge in [-0.05, 0) is 27.5 Å². The van der Waals surface area contributed by atoms with Crippen molar-refractivity contribution in [1.29, 1.82) is 0 Å². The first-order valence-corrected chi connectivity index (χ1v) is 5.03.